The van der Waals surface area contributed by atoms with Crippen molar-refractivity contribution in [2.75, 3.05) is 30.0 Å². The summed E-state index contributed by atoms with van der Waals surface area (Å²) in [5, 5.41) is 16.6. The fraction of sp³-hybridized carbons (Fsp3) is 0.320. The van der Waals surface area contributed by atoms with Crippen LogP contribution in [0.3, 0.4) is 0 Å². The number of imidazole rings is 1. The van der Waals surface area contributed by atoms with Crippen molar-refractivity contribution in [1.29, 1.82) is 0 Å². The Hall–Kier alpha value is -3.85. The molecule has 0 saturated heterocycles. The summed E-state index contributed by atoms with van der Waals surface area (Å²) in [4.78, 5) is 14.0. The highest BCUT2D eigenvalue weighted by atomic mass is 16.5. The number of nitrogens with two attached hydrogens (primary N) is 1. The molecule has 0 radical (unpaired) electrons. The van der Waals surface area contributed by atoms with E-state index in [0.29, 0.717) is 60.4 Å². The van der Waals surface area contributed by atoms with E-state index in [0.717, 1.165) is 11.1 Å². The summed E-state index contributed by atoms with van der Waals surface area (Å²) in [6.07, 6.45) is 2.33. The minimum Gasteiger partial charge on any atom is -0.495 e. The molecule has 2 aromatic carbocycles. The molecule has 0 fully saturated rings. The van der Waals surface area contributed by atoms with Crippen LogP contribution in [0.2, 0.25) is 0 Å². The lowest BCUT2D eigenvalue weighted by Crippen LogP contribution is -2.23. The third-order valence-electron chi connectivity index (χ3n) is 5.50. The van der Waals surface area contributed by atoms with Crippen LogP contribution in [-0.4, -0.2) is 43.9 Å². The summed E-state index contributed by atoms with van der Waals surface area (Å²) >= 11 is 0. The second-order valence-corrected chi connectivity index (χ2v) is 8.80. The highest BCUT2D eigenvalue weighted by molar-refractivity contribution is 5.84. The average Bonchev–Trinajstić information content (AvgIpc) is 3.21. The quantitative estimate of drug-likeness (QED) is 0.264. The van der Waals surface area contributed by atoms with E-state index in [1.807, 2.05) is 41.0 Å². The third kappa shape index (κ3) is 5.55. The van der Waals surface area contributed by atoms with Gasteiger partial charge in [-0.3, -0.25) is 0 Å². The van der Waals surface area contributed by atoms with E-state index in [4.69, 9.17) is 15.5 Å². The van der Waals surface area contributed by atoms with Gasteiger partial charge in [-0.2, -0.15) is 9.97 Å². The Morgan fingerprint density at radius 3 is 2.59 bits per heavy atom. The number of hydrogen-bond donors (Lipinski definition) is 4. The van der Waals surface area contributed by atoms with E-state index >= 15 is 0 Å². The molecule has 0 aliphatic rings. The summed E-state index contributed by atoms with van der Waals surface area (Å²) < 4.78 is 7.33. The third-order valence-corrected chi connectivity index (χ3v) is 5.50. The molecule has 178 valence electrons. The lowest BCUT2D eigenvalue weighted by molar-refractivity contribution is 0.0748. The van der Waals surface area contributed by atoms with Crippen LogP contribution in [0.4, 0.5) is 17.5 Å². The van der Waals surface area contributed by atoms with Gasteiger partial charge in [0.1, 0.15) is 5.75 Å². The first kappa shape index (κ1) is 23.3. The van der Waals surface area contributed by atoms with Crippen LogP contribution in [0.15, 0.2) is 54.9 Å². The van der Waals surface area contributed by atoms with E-state index in [1.165, 1.54) is 0 Å². The van der Waals surface area contributed by atoms with Crippen molar-refractivity contribution in [2.24, 2.45) is 0 Å². The molecular formula is C25H31N7O2. The molecule has 4 rings (SSSR count). The molecular weight excluding hydrogens is 430 g/mol. The number of aliphatic hydroxyl groups is 1. The van der Waals surface area contributed by atoms with E-state index in [2.05, 4.69) is 32.7 Å². The minimum atomic E-state index is -0.781. The zero-order valence-electron chi connectivity index (χ0n) is 19.7. The molecule has 0 aliphatic carbocycles. The van der Waals surface area contributed by atoms with Gasteiger partial charge in [-0.15, -0.1) is 0 Å². The molecule has 2 heterocycles. The molecule has 0 aliphatic heterocycles. The molecule has 0 atom stereocenters. The van der Waals surface area contributed by atoms with Gasteiger partial charge in [-0.05, 0) is 37.5 Å². The molecule has 4 aromatic rings. The Morgan fingerprint density at radius 2 is 1.85 bits per heavy atom. The number of methoxy groups -OCH3 is 1. The number of fused-ring (bicyclic) bond motifs is 1. The fourth-order valence-corrected chi connectivity index (χ4v) is 3.62. The first-order chi connectivity index (χ1) is 16.3. The van der Waals surface area contributed by atoms with Crippen LogP contribution < -0.4 is 21.1 Å². The maximum atomic E-state index is 10.0. The van der Waals surface area contributed by atoms with Gasteiger partial charge in [-0.25, -0.2) is 4.98 Å². The molecule has 0 unspecified atom stereocenters. The van der Waals surface area contributed by atoms with Gasteiger partial charge in [0.25, 0.3) is 0 Å². The SMILES string of the molecule is COc1cccc(CNc2nc(NCCC(C)(C)O)nc3c2ncn3Cc2ccccc2)c1N. The number of nitrogen functional groups attached to an aromatic ring is 1. The number of ether oxygens (including phenoxy) is 1. The number of nitrogens with one attached hydrogen (secondary N) is 2. The number of rotatable bonds is 10. The van der Waals surface area contributed by atoms with Gasteiger partial charge in [0.15, 0.2) is 17.0 Å². The smallest absolute Gasteiger partial charge is 0.226 e. The molecule has 0 bridgehead atoms. The van der Waals surface area contributed by atoms with E-state index in [9.17, 15) is 5.11 Å². The van der Waals surface area contributed by atoms with Crippen molar-refractivity contribution in [2.45, 2.75) is 39.0 Å². The Morgan fingerprint density at radius 1 is 1.06 bits per heavy atom. The number of aromatic nitrogens is 4. The van der Waals surface area contributed by atoms with Crippen molar-refractivity contribution in [3.63, 3.8) is 0 Å². The van der Waals surface area contributed by atoms with Gasteiger partial charge < -0.3 is 30.8 Å². The summed E-state index contributed by atoms with van der Waals surface area (Å²) in [5.74, 6) is 1.70. The van der Waals surface area contributed by atoms with Crippen LogP contribution >= 0.6 is 0 Å². The lowest BCUT2D eigenvalue weighted by atomic mass is 10.1. The zero-order chi connectivity index (χ0) is 24.1. The largest absolute Gasteiger partial charge is 0.495 e. The average molecular weight is 462 g/mol. The zero-order valence-corrected chi connectivity index (χ0v) is 19.7. The Bertz CT molecular complexity index is 1250. The van der Waals surface area contributed by atoms with Gasteiger partial charge in [0.05, 0.1) is 31.3 Å². The first-order valence-electron chi connectivity index (χ1n) is 11.2. The molecule has 0 amide bonds. The highest BCUT2D eigenvalue weighted by Crippen LogP contribution is 2.27. The van der Waals surface area contributed by atoms with Crippen LogP contribution in [0, 0.1) is 0 Å². The van der Waals surface area contributed by atoms with Crippen LogP contribution in [0.5, 0.6) is 5.75 Å². The number of anilines is 3. The van der Waals surface area contributed by atoms with Gasteiger partial charge >= 0.3 is 0 Å². The molecule has 0 saturated carbocycles. The van der Waals surface area contributed by atoms with Gasteiger partial charge in [0.2, 0.25) is 5.95 Å². The van der Waals surface area contributed by atoms with Crippen LogP contribution in [0.25, 0.3) is 11.2 Å². The van der Waals surface area contributed by atoms with E-state index < -0.39 is 5.60 Å². The normalized spacial score (nSPS) is 11.5. The molecule has 2 aromatic heterocycles. The number of para-hydroxylation sites is 1. The number of hydrogen-bond acceptors (Lipinski definition) is 8. The monoisotopic (exact) mass is 461 g/mol. The predicted octanol–water partition coefficient (Wildman–Crippen LogP) is 3.65. The maximum absolute atomic E-state index is 10.0. The highest BCUT2D eigenvalue weighted by Gasteiger charge is 2.16. The van der Waals surface area contributed by atoms with Crippen LogP contribution in [-0.2, 0) is 13.1 Å². The van der Waals surface area contributed by atoms with Gasteiger partial charge in [-0.1, -0.05) is 42.5 Å². The topological polar surface area (TPSA) is 123 Å². The minimum absolute atomic E-state index is 0.448. The predicted molar refractivity (Wildman–Crippen MR) is 135 cm³/mol. The number of benzene rings is 2. The lowest BCUT2D eigenvalue weighted by Gasteiger charge is -2.17. The van der Waals surface area contributed by atoms with Crippen molar-refractivity contribution in [1.82, 2.24) is 19.5 Å². The first-order valence-corrected chi connectivity index (χ1v) is 11.2. The van der Waals surface area contributed by atoms with Crippen molar-refractivity contribution >= 4 is 28.6 Å². The van der Waals surface area contributed by atoms with E-state index in [-0.39, 0.29) is 0 Å². The number of nitrogens with zero attached hydrogens (tertiary/aromatic N) is 4. The van der Waals surface area contributed by atoms with Crippen LogP contribution in [0.1, 0.15) is 31.4 Å². The van der Waals surface area contributed by atoms with E-state index in [1.54, 1.807) is 27.3 Å². The fourth-order valence-electron chi connectivity index (χ4n) is 3.62. The molecule has 9 heteroatoms. The Kier molecular flexibility index (Phi) is 6.83. The Balaban J connectivity index is 1.64. The molecule has 34 heavy (non-hydrogen) atoms. The summed E-state index contributed by atoms with van der Waals surface area (Å²) in [6.45, 7) is 5.17. The summed E-state index contributed by atoms with van der Waals surface area (Å²) in [7, 11) is 1.60. The summed E-state index contributed by atoms with van der Waals surface area (Å²) in [5.41, 5.74) is 9.48. The maximum Gasteiger partial charge on any atom is 0.226 e. The molecule has 5 N–H and O–H groups in total. The standard InChI is InChI=1S/C25H31N7O2/c1-25(2,33)12-13-27-24-30-22(28-14-18-10-7-11-19(34-3)20(18)26)21-23(31-24)32(16-29-21)15-17-8-5-4-6-9-17/h4-11,16,33H,12-15,26H2,1-3H3,(H2,27,28,30,31). The second kappa shape index (κ2) is 9.96. The Labute approximate surface area is 199 Å². The van der Waals surface area contributed by atoms with Gasteiger partial charge in [0, 0.05) is 13.1 Å². The van der Waals surface area contributed by atoms with Crippen molar-refractivity contribution < 1.29 is 9.84 Å². The molecule has 0 spiro atoms. The second-order valence-electron chi connectivity index (χ2n) is 8.80. The van der Waals surface area contributed by atoms with Crippen molar-refractivity contribution in [3.8, 4) is 5.75 Å². The summed E-state index contributed by atoms with van der Waals surface area (Å²) in [6, 6.07) is 15.8. The molecule has 9 nitrogen and oxygen atoms in total. The van der Waals surface area contributed by atoms with Crippen molar-refractivity contribution in [3.05, 3.63) is 66.0 Å².